The monoisotopic (exact) mass is 777 g/mol. The van der Waals surface area contributed by atoms with Crippen LogP contribution in [0.15, 0.2) is 104 Å². The van der Waals surface area contributed by atoms with E-state index >= 15 is 0 Å². The number of amides is 7. The molecule has 3 aromatic carbocycles. The molecule has 0 fully saturated rings. The van der Waals surface area contributed by atoms with Crippen LogP contribution in [0.2, 0.25) is 0 Å². The summed E-state index contributed by atoms with van der Waals surface area (Å²) >= 11 is 0. The molecule has 0 unspecified atom stereocenters. The summed E-state index contributed by atoms with van der Waals surface area (Å²) in [5, 5.41) is 12.4. The first-order valence-corrected chi connectivity index (χ1v) is 18.3. The van der Waals surface area contributed by atoms with Crippen molar-refractivity contribution < 1.29 is 28.8 Å². The maximum Gasteiger partial charge on any atom is 0.337 e. The van der Waals surface area contributed by atoms with Crippen molar-refractivity contribution in [1.82, 2.24) is 46.7 Å². The van der Waals surface area contributed by atoms with Crippen molar-refractivity contribution >= 4 is 46.5 Å². The molecule has 0 radical (unpaired) electrons. The summed E-state index contributed by atoms with van der Waals surface area (Å²) in [7, 11) is 0. The van der Waals surface area contributed by atoms with Gasteiger partial charge in [-0.1, -0.05) is 78.9 Å². The van der Waals surface area contributed by atoms with Crippen molar-refractivity contribution in [2.45, 2.75) is 69.9 Å². The van der Waals surface area contributed by atoms with Gasteiger partial charge in [0, 0.05) is 48.3 Å². The minimum Gasteiger partial charge on any atom is -0.368 e. The smallest absolute Gasteiger partial charge is 0.337 e. The lowest BCUT2D eigenvalue weighted by Gasteiger charge is -2.29. The average Bonchev–Trinajstić information content (AvgIpc) is 3.87. The van der Waals surface area contributed by atoms with Crippen LogP contribution in [0.25, 0.3) is 10.9 Å². The number of hydrogen-bond acceptors (Lipinski definition) is 8. The molecule has 0 bridgehead atoms. The molecule has 57 heavy (non-hydrogen) atoms. The van der Waals surface area contributed by atoms with Crippen molar-refractivity contribution in [3.8, 4) is 0 Å². The SMILES string of the molecule is C[C@H](NC(=O)[C@@H](Cc1ccccc1)NC(=O)N(Cc1ccccc1)NC(=O)[C@H](C)NC(=O)[C@@H](Cc1c[nH]c2ccccc12)NC(=O)[C@@H](N)Cc1cnc[nH]1)C(N)=O. The summed E-state index contributed by atoms with van der Waals surface area (Å²) in [6.07, 6.45) is 5.03. The molecule has 0 saturated heterocycles. The van der Waals surface area contributed by atoms with Gasteiger partial charge in [0.2, 0.25) is 23.6 Å². The van der Waals surface area contributed by atoms with Gasteiger partial charge in [-0.25, -0.2) is 14.8 Å². The zero-order chi connectivity index (χ0) is 40.9. The minimum atomic E-state index is -1.22. The number of nitrogens with zero attached hydrogens (tertiary/aromatic N) is 2. The fourth-order valence-corrected chi connectivity index (χ4v) is 5.94. The second-order valence-electron chi connectivity index (χ2n) is 13.6. The number of hydrogen-bond donors (Lipinski definition) is 9. The van der Waals surface area contributed by atoms with Crippen molar-refractivity contribution in [3.05, 3.63) is 126 Å². The third-order valence-corrected chi connectivity index (χ3v) is 9.17. The van der Waals surface area contributed by atoms with E-state index in [2.05, 4.69) is 41.6 Å². The molecule has 5 rings (SSSR count). The lowest BCUT2D eigenvalue weighted by molar-refractivity contribution is -0.133. The van der Waals surface area contributed by atoms with Gasteiger partial charge in [-0.3, -0.25) is 29.4 Å². The largest absolute Gasteiger partial charge is 0.368 e. The second kappa shape index (κ2) is 19.5. The van der Waals surface area contributed by atoms with Crippen LogP contribution in [-0.2, 0) is 49.8 Å². The van der Waals surface area contributed by atoms with Gasteiger partial charge in [0.15, 0.2) is 0 Å². The number of rotatable bonds is 17. The number of urea groups is 1. The van der Waals surface area contributed by atoms with Crippen LogP contribution in [-0.4, -0.2) is 85.7 Å². The summed E-state index contributed by atoms with van der Waals surface area (Å²) in [6, 6.07) is 18.8. The highest BCUT2D eigenvalue weighted by Crippen LogP contribution is 2.19. The zero-order valence-corrected chi connectivity index (χ0v) is 31.5. The standard InChI is InChI=1S/C40H47N11O6/c1-24(35(42)52)46-38(55)33(17-26-11-5-3-6-12-26)49-40(57)51(22-27-13-7-4-8-14-27)50-36(53)25(2)47-39(56)34(18-28-20-44-32-16-10-9-15-30(28)32)48-37(54)31(41)19-29-21-43-23-45-29/h3-16,20-21,23-25,31,33-34,44H,17-19,22,41H2,1-2H3,(H2,42,52)(H,43,45)(H,46,55)(H,47,56)(H,48,54)(H,49,57)(H,50,53)/t24-,25-,31-,33+,34+/m0/s1. The van der Waals surface area contributed by atoms with Gasteiger partial charge in [0.1, 0.15) is 24.2 Å². The number of H-pyrrole nitrogens is 2. The molecule has 5 atom stereocenters. The van der Waals surface area contributed by atoms with E-state index in [1.807, 2.05) is 24.3 Å². The van der Waals surface area contributed by atoms with Gasteiger partial charge in [-0.05, 0) is 36.6 Å². The number of para-hydroxylation sites is 1. The number of imidazole rings is 1. The lowest BCUT2D eigenvalue weighted by atomic mass is 10.0. The molecule has 17 nitrogen and oxygen atoms in total. The predicted octanol–water partition coefficient (Wildman–Crippen LogP) is 0.837. The van der Waals surface area contributed by atoms with E-state index in [0.717, 1.165) is 27.0 Å². The molecule has 0 aliphatic heterocycles. The Hall–Kier alpha value is -7.01. The third kappa shape index (κ3) is 11.7. The Bertz CT molecular complexity index is 2140. The highest BCUT2D eigenvalue weighted by Gasteiger charge is 2.31. The number of carbonyl (C=O) groups excluding carboxylic acids is 6. The summed E-state index contributed by atoms with van der Waals surface area (Å²) in [5.74, 6) is -3.46. The van der Waals surface area contributed by atoms with E-state index in [9.17, 15) is 28.8 Å². The number of aromatic amines is 2. The van der Waals surface area contributed by atoms with Crippen LogP contribution < -0.4 is 38.2 Å². The quantitative estimate of drug-likeness (QED) is 0.0610. The van der Waals surface area contributed by atoms with Gasteiger partial charge in [0.05, 0.1) is 18.9 Å². The van der Waals surface area contributed by atoms with E-state index in [4.69, 9.17) is 11.5 Å². The number of aromatic nitrogens is 3. The van der Waals surface area contributed by atoms with Gasteiger partial charge in [0.25, 0.3) is 5.91 Å². The molecule has 298 valence electrons. The Balaban J connectivity index is 1.32. The summed E-state index contributed by atoms with van der Waals surface area (Å²) < 4.78 is 0. The lowest BCUT2D eigenvalue weighted by Crippen LogP contribution is -2.60. The normalized spacial score (nSPS) is 13.6. The van der Waals surface area contributed by atoms with E-state index in [1.54, 1.807) is 73.1 Å². The number of carbonyl (C=O) groups is 6. The number of nitrogens with one attached hydrogen (secondary N) is 7. The van der Waals surface area contributed by atoms with E-state index < -0.39 is 65.8 Å². The van der Waals surface area contributed by atoms with Crippen molar-refractivity contribution in [2.24, 2.45) is 11.5 Å². The molecule has 5 aromatic rings. The Morgan fingerprint density at radius 3 is 1.95 bits per heavy atom. The van der Waals surface area contributed by atoms with E-state index in [0.29, 0.717) is 11.3 Å². The first-order valence-electron chi connectivity index (χ1n) is 18.3. The highest BCUT2D eigenvalue weighted by atomic mass is 16.2. The third-order valence-electron chi connectivity index (χ3n) is 9.17. The number of hydrazine groups is 1. The molecule has 11 N–H and O–H groups in total. The van der Waals surface area contributed by atoms with Gasteiger partial charge < -0.3 is 42.7 Å². The summed E-state index contributed by atoms with van der Waals surface area (Å²) in [5.41, 5.74) is 17.7. The molecule has 2 aromatic heterocycles. The van der Waals surface area contributed by atoms with E-state index in [1.165, 1.54) is 20.2 Å². The Morgan fingerprint density at radius 2 is 1.30 bits per heavy atom. The van der Waals surface area contributed by atoms with E-state index in [-0.39, 0.29) is 25.8 Å². The minimum absolute atomic E-state index is 0.0541. The van der Waals surface area contributed by atoms with Crippen LogP contribution in [0.5, 0.6) is 0 Å². The Kier molecular flexibility index (Phi) is 14.1. The average molecular weight is 778 g/mol. The molecule has 2 heterocycles. The first kappa shape index (κ1) is 41.2. The summed E-state index contributed by atoms with van der Waals surface area (Å²) in [4.78, 5) is 89.9. The van der Waals surface area contributed by atoms with Gasteiger partial charge >= 0.3 is 6.03 Å². The fraction of sp³-hybridized carbons (Fsp3) is 0.275. The topological polar surface area (TPSA) is 262 Å². The Labute approximate surface area is 328 Å². The maximum atomic E-state index is 13.9. The van der Waals surface area contributed by atoms with Crippen LogP contribution in [0.4, 0.5) is 4.79 Å². The van der Waals surface area contributed by atoms with Crippen LogP contribution in [0, 0.1) is 0 Å². The summed E-state index contributed by atoms with van der Waals surface area (Å²) in [6.45, 7) is 2.73. The second-order valence-corrected chi connectivity index (χ2v) is 13.6. The maximum absolute atomic E-state index is 13.9. The van der Waals surface area contributed by atoms with Crippen LogP contribution >= 0.6 is 0 Å². The molecule has 7 amide bonds. The molecular weight excluding hydrogens is 731 g/mol. The van der Waals surface area contributed by atoms with Crippen LogP contribution in [0.3, 0.4) is 0 Å². The first-order chi connectivity index (χ1) is 27.4. The molecule has 0 saturated carbocycles. The number of primary amides is 1. The fourth-order valence-electron chi connectivity index (χ4n) is 5.94. The van der Waals surface area contributed by atoms with Gasteiger partial charge in [-0.2, -0.15) is 0 Å². The highest BCUT2D eigenvalue weighted by molar-refractivity contribution is 5.95. The number of nitrogens with two attached hydrogens (primary N) is 2. The number of fused-ring (bicyclic) bond motifs is 1. The molecule has 0 spiro atoms. The zero-order valence-electron chi connectivity index (χ0n) is 31.5. The Morgan fingerprint density at radius 1 is 0.684 bits per heavy atom. The molecule has 0 aliphatic rings. The number of benzene rings is 3. The molecular formula is C40H47N11O6. The van der Waals surface area contributed by atoms with Crippen molar-refractivity contribution in [2.75, 3.05) is 0 Å². The molecule has 0 aliphatic carbocycles. The van der Waals surface area contributed by atoms with Crippen LogP contribution in [0.1, 0.15) is 36.2 Å². The van der Waals surface area contributed by atoms with Gasteiger partial charge in [-0.15, -0.1) is 0 Å². The predicted molar refractivity (Wildman–Crippen MR) is 211 cm³/mol. The van der Waals surface area contributed by atoms with Crippen molar-refractivity contribution in [1.29, 1.82) is 0 Å². The molecule has 17 heteroatoms. The van der Waals surface area contributed by atoms with Crippen molar-refractivity contribution in [3.63, 3.8) is 0 Å².